The van der Waals surface area contributed by atoms with Gasteiger partial charge in [-0.1, -0.05) is 36.4 Å². The van der Waals surface area contributed by atoms with Gasteiger partial charge in [0.25, 0.3) is 0 Å². The van der Waals surface area contributed by atoms with E-state index in [1.54, 1.807) is 21.1 Å². The van der Waals surface area contributed by atoms with Crippen molar-refractivity contribution in [3.63, 3.8) is 0 Å². The minimum atomic E-state index is 0.250. The van der Waals surface area contributed by atoms with E-state index in [-0.39, 0.29) is 6.61 Å². The first-order valence-electron chi connectivity index (χ1n) is 3.84. The largest absolute Gasteiger partial charge is 0.397 e. The first-order valence-corrected chi connectivity index (χ1v) is 3.84. The van der Waals surface area contributed by atoms with Gasteiger partial charge >= 0.3 is 0 Å². The van der Waals surface area contributed by atoms with E-state index in [1.165, 1.54) is 0 Å². The number of hydrogen-bond donors (Lipinski definition) is 1. The summed E-state index contributed by atoms with van der Waals surface area (Å²) in [6, 6.07) is 12.0. The molecule has 0 bridgehead atoms. The van der Waals surface area contributed by atoms with Gasteiger partial charge in [0, 0.05) is 20.8 Å². The maximum atomic E-state index is 7.57. The van der Waals surface area contributed by atoms with Crippen molar-refractivity contribution in [1.82, 2.24) is 0 Å². The summed E-state index contributed by atoms with van der Waals surface area (Å²) in [4.78, 5) is 0. The predicted molar refractivity (Wildman–Crippen MR) is 52.1 cm³/mol. The van der Waals surface area contributed by atoms with Gasteiger partial charge in [0.15, 0.2) is 0 Å². The first-order chi connectivity index (χ1) is 5.83. The van der Waals surface area contributed by atoms with Crippen LogP contribution in [0.5, 0.6) is 0 Å². The second kappa shape index (κ2) is 16.6. The molecule has 1 aromatic rings. The second-order valence-electron chi connectivity index (χ2n) is 1.88. The van der Waals surface area contributed by atoms with Crippen LogP contribution >= 0.6 is 0 Å². The second-order valence-corrected chi connectivity index (χ2v) is 1.88. The summed E-state index contributed by atoms with van der Waals surface area (Å²) in [6.07, 6.45) is 0. The van der Waals surface area contributed by atoms with Crippen LogP contribution in [0.25, 0.3) is 0 Å². The average molecular weight is 170 g/mol. The molecule has 0 atom stereocenters. The van der Waals surface area contributed by atoms with Gasteiger partial charge in [-0.3, -0.25) is 0 Å². The Kier molecular flexibility index (Phi) is 19.0. The zero-order valence-electron chi connectivity index (χ0n) is 8.03. The molecule has 0 aliphatic rings. The lowest BCUT2D eigenvalue weighted by molar-refractivity contribution is 0.277. The van der Waals surface area contributed by atoms with Crippen LogP contribution in [-0.2, 0) is 4.74 Å². The molecule has 0 aliphatic heterocycles. The molecule has 12 heavy (non-hydrogen) atoms. The van der Waals surface area contributed by atoms with E-state index >= 15 is 0 Å². The topological polar surface area (TPSA) is 29.5 Å². The molecule has 0 aliphatic carbocycles. The van der Waals surface area contributed by atoms with Gasteiger partial charge in [0.1, 0.15) is 0 Å². The molecule has 1 aromatic carbocycles. The molecule has 1 N–H and O–H groups in total. The monoisotopic (exact) mass is 170 g/mol. The minimum Gasteiger partial charge on any atom is -0.397 e. The van der Waals surface area contributed by atoms with Crippen molar-refractivity contribution in [2.24, 2.45) is 0 Å². The lowest BCUT2D eigenvalue weighted by Crippen LogP contribution is -1.57. The van der Waals surface area contributed by atoms with E-state index in [9.17, 15) is 0 Å². The lowest BCUT2D eigenvalue weighted by Gasteiger charge is -1.69. The maximum Gasteiger partial charge on any atom is 0.0402 e. The predicted octanol–water partition coefficient (Wildman–Crippen LogP) is 1.95. The average Bonchev–Trinajstić information content (AvgIpc) is 2.10. The fraction of sp³-hybridized carbons (Fsp3) is 0.400. The Labute approximate surface area is 74.8 Å². The normalized spacial score (nSPS) is 7.00. The Hall–Kier alpha value is -0.860. The van der Waals surface area contributed by atoms with Crippen LogP contribution in [0.2, 0.25) is 0 Å². The fourth-order valence-electron chi connectivity index (χ4n) is 0.385. The van der Waals surface area contributed by atoms with Crippen LogP contribution in [0, 0.1) is 0 Å². The van der Waals surface area contributed by atoms with Gasteiger partial charge < -0.3 is 9.84 Å². The standard InChI is InChI=1S/C6H6.2C2H6O/c1-2-4-6-5-3-1;1-3-2;1-2-3/h1-6H;1-2H3;3H,2H2,1H3. The molecule has 0 radical (unpaired) electrons. The van der Waals surface area contributed by atoms with Crippen molar-refractivity contribution in [1.29, 1.82) is 0 Å². The van der Waals surface area contributed by atoms with E-state index in [0.717, 1.165) is 0 Å². The third-order valence-electron chi connectivity index (χ3n) is 0.667. The summed E-state index contributed by atoms with van der Waals surface area (Å²) >= 11 is 0. The van der Waals surface area contributed by atoms with Gasteiger partial charge in [0.05, 0.1) is 0 Å². The molecule has 2 nitrogen and oxygen atoms in total. The summed E-state index contributed by atoms with van der Waals surface area (Å²) in [5.74, 6) is 0. The number of methoxy groups -OCH3 is 1. The minimum absolute atomic E-state index is 0.250. The van der Waals surface area contributed by atoms with E-state index < -0.39 is 0 Å². The molecular weight excluding hydrogens is 152 g/mol. The zero-order valence-corrected chi connectivity index (χ0v) is 8.03. The Morgan fingerprint density at radius 1 is 0.917 bits per heavy atom. The Morgan fingerprint density at radius 3 is 1.08 bits per heavy atom. The number of ether oxygens (including phenoxy) is 1. The number of rotatable bonds is 0. The quantitative estimate of drug-likeness (QED) is 0.645. The maximum absolute atomic E-state index is 7.57. The van der Waals surface area contributed by atoms with Crippen LogP contribution in [0.3, 0.4) is 0 Å². The van der Waals surface area contributed by atoms with Crippen molar-refractivity contribution in [3.8, 4) is 0 Å². The van der Waals surface area contributed by atoms with Crippen molar-refractivity contribution >= 4 is 0 Å². The summed E-state index contributed by atoms with van der Waals surface area (Å²) < 4.78 is 4.25. The van der Waals surface area contributed by atoms with E-state index in [0.29, 0.717) is 0 Å². The summed E-state index contributed by atoms with van der Waals surface area (Å²) in [6.45, 7) is 1.93. The number of aliphatic hydroxyl groups excluding tert-OH is 1. The molecular formula is C10H18O2. The molecule has 0 aromatic heterocycles. The lowest BCUT2D eigenvalue weighted by atomic mass is 10.4. The van der Waals surface area contributed by atoms with Crippen molar-refractivity contribution in [2.45, 2.75) is 6.92 Å². The Balaban J connectivity index is 0. The van der Waals surface area contributed by atoms with E-state index in [2.05, 4.69) is 4.74 Å². The van der Waals surface area contributed by atoms with Crippen LogP contribution in [0.15, 0.2) is 36.4 Å². The summed E-state index contributed by atoms with van der Waals surface area (Å²) in [5, 5.41) is 7.57. The van der Waals surface area contributed by atoms with E-state index in [1.807, 2.05) is 36.4 Å². The van der Waals surface area contributed by atoms with Gasteiger partial charge in [-0.2, -0.15) is 0 Å². The summed E-state index contributed by atoms with van der Waals surface area (Å²) in [7, 11) is 3.25. The zero-order chi connectivity index (χ0) is 9.66. The number of benzene rings is 1. The molecule has 0 fully saturated rings. The van der Waals surface area contributed by atoms with Gasteiger partial charge in [-0.25, -0.2) is 0 Å². The molecule has 0 amide bonds. The van der Waals surface area contributed by atoms with Crippen LogP contribution in [0.1, 0.15) is 6.92 Å². The van der Waals surface area contributed by atoms with E-state index in [4.69, 9.17) is 5.11 Å². The molecule has 0 saturated heterocycles. The third-order valence-corrected chi connectivity index (χ3v) is 0.667. The molecule has 0 saturated carbocycles. The number of aliphatic hydroxyl groups is 1. The molecule has 1 rings (SSSR count). The van der Waals surface area contributed by atoms with Gasteiger partial charge in [0.2, 0.25) is 0 Å². The highest BCUT2D eigenvalue weighted by molar-refractivity contribution is 4.99. The highest BCUT2D eigenvalue weighted by Gasteiger charge is 1.57. The number of hydrogen-bond acceptors (Lipinski definition) is 2. The first kappa shape index (κ1) is 13.7. The Morgan fingerprint density at radius 2 is 1.00 bits per heavy atom. The molecule has 0 heterocycles. The molecule has 70 valence electrons. The van der Waals surface area contributed by atoms with Gasteiger partial charge in [-0.05, 0) is 6.92 Å². The van der Waals surface area contributed by atoms with Crippen LogP contribution in [-0.4, -0.2) is 25.9 Å². The molecule has 2 heteroatoms. The van der Waals surface area contributed by atoms with Crippen LogP contribution in [0.4, 0.5) is 0 Å². The molecule has 0 unspecified atom stereocenters. The third kappa shape index (κ3) is 22.9. The molecule has 0 spiro atoms. The SMILES string of the molecule is CCO.COC.c1ccccc1. The highest BCUT2D eigenvalue weighted by atomic mass is 16.4. The Bertz CT molecular complexity index is 99.8. The fourth-order valence-corrected chi connectivity index (χ4v) is 0.385. The van der Waals surface area contributed by atoms with Crippen molar-refractivity contribution in [3.05, 3.63) is 36.4 Å². The van der Waals surface area contributed by atoms with Crippen molar-refractivity contribution in [2.75, 3.05) is 20.8 Å². The van der Waals surface area contributed by atoms with Crippen LogP contribution < -0.4 is 0 Å². The smallest absolute Gasteiger partial charge is 0.0402 e. The van der Waals surface area contributed by atoms with Crippen molar-refractivity contribution < 1.29 is 9.84 Å². The van der Waals surface area contributed by atoms with Gasteiger partial charge in [-0.15, -0.1) is 0 Å². The highest BCUT2D eigenvalue weighted by Crippen LogP contribution is 1.79. The summed E-state index contributed by atoms with van der Waals surface area (Å²) in [5.41, 5.74) is 0.